The summed E-state index contributed by atoms with van der Waals surface area (Å²) in [5, 5.41) is 2.57. The average Bonchev–Trinajstić information content (AvgIpc) is 3.13. The van der Waals surface area contributed by atoms with Crippen molar-refractivity contribution < 1.29 is 9.18 Å². The second kappa shape index (κ2) is 4.98. The molecule has 0 unspecified atom stereocenters. The van der Waals surface area contributed by atoms with Gasteiger partial charge in [-0.05, 0) is 31.0 Å². The molecule has 1 saturated carbocycles. The lowest BCUT2D eigenvalue weighted by Crippen LogP contribution is -2.14. The Morgan fingerprint density at radius 3 is 2.88 bits per heavy atom. The number of anilines is 1. The predicted octanol–water partition coefficient (Wildman–Crippen LogP) is 1.48. The highest BCUT2D eigenvalue weighted by Crippen LogP contribution is 2.30. The zero-order valence-corrected chi connectivity index (χ0v) is 9.29. The molecule has 2 rings (SSSR count). The molecular weight excluding hydrogens is 219 g/mol. The molecule has 1 amide bonds. The van der Waals surface area contributed by atoms with Crippen LogP contribution in [0.3, 0.4) is 0 Å². The quantitative estimate of drug-likeness (QED) is 0.759. The minimum absolute atomic E-state index is 0.0612. The van der Waals surface area contributed by atoms with Crippen molar-refractivity contribution >= 4 is 11.6 Å². The number of rotatable bonds is 2. The first-order valence-electron chi connectivity index (χ1n) is 5.50. The maximum atomic E-state index is 13.6. The fourth-order valence-electron chi connectivity index (χ4n) is 1.43. The Morgan fingerprint density at radius 1 is 1.53 bits per heavy atom. The van der Waals surface area contributed by atoms with Gasteiger partial charge in [0.15, 0.2) is 0 Å². The number of hydrogen-bond acceptors (Lipinski definition) is 2. The molecule has 17 heavy (non-hydrogen) atoms. The molecule has 0 atom stereocenters. The summed E-state index contributed by atoms with van der Waals surface area (Å²) in [5.41, 5.74) is 5.99. The molecule has 1 aliphatic rings. The molecule has 1 fully saturated rings. The molecule has 3 N–H and O–H groups in total. The minimum atomic E-state index is -0.470. The first-order chi connectivity index (χ1) is 8.20. The van der Waals surface area contributed by atoms with Crippen molar-refractivity contribution in [2.24, 2.45) is 11.7 Å². The molecule has 1 aliphatic carbocycles. The highest BCUT2D eigenvalue weighted by molar-refractivity contribution is 5.94. The lowest BCUT2D eigenvalue weighted by Gasteiger charge is -2.05. The Labute approximate surface area is 99.2 Å². The van der Waals surface area contributed by atoms with Gasteiger partial charge in [-0.1, -0.05) is 11.8 Å². The van der Waals surface area contributed by atoms with E-state index < -0.39 is 5.82 Å². The van der Waals surface area contributed by atoms with Crippen LogP contribution in [0.2, 0.25) is 0 Å². The summed E-state index contributed by atoms with van der Waals surface area (Å²) in [7, 11) is 0. The van der Waals surface area contributed by atoms with E-state index in [-0.39, 0.29) is 24.1 Å². The van der Waals surface area contributed by atoms with Gasteiger partial charge in [-0.2, -0.15) is 0 Å². The highest BCUT2D eigenvalue weighted by atomic mass is 19.1. The van der Waals surface area contributed by atoms with Crippen molar-refractivity contribution in [1.29, 1.82) is 0 Å². The molecule has 0 spiro atoms. The molecule has 0 saturated heterocycles. The van der Waals surface area contributed by atoms with Crippen LogP contribution in [-0.4, -0.2) is 12.5 Å². The highest BCUT2D eigenvalue weighted by Gasteiger charge is 2.29. The van der Waals surface area contributed by atoms with E-state index in [0.29, 0.717) is 5.56 Å². The van der Waals surface area contributed by atoms with E-state index in [1.165, 1.54) is 12.1 Å². The van der Waals surface area contributed by atoms with E-state index in [1.807, 2.05) is 0 Å². The van der Waals surface area contributed by atoms with Crippen molar-refractivity contribution in [3.05, 3.63) is 29.6 Å². The van der Waals surface area contributed by atoms with Crippen molar-refractivity contribution in [1.82, 2.24) is 0 Å². The van der Waals surface area contributed by atoms with E-state index in [4.69, 9.17) is 5.73 Å². The van der Waals surface area contributed by atoms with Crippen LogP contribution in [0.25, 0.3) is 0 Å². The molecule has 0 heterocycles. The lowest BCUT2D eigenvalue weighted by molar-refractivity contribution is -0.117. The number of carbonyl (C=O) groups is 1. The zero-order chi connectivity index (χ0) is 12.3. The smallest absolute Gasteiger partial charge is 0.227 e. The average molecular weight is 232 g/mol. The normalized spacial score (nSPS) is 13.8. The topological polar surface area (TPSA) is 55.1 Å². The number of nitrogens with one attached hydrogen (secondary N) is 1. The summed E-state index contributed by atoms with van der Waals surface area (Å²) >= 11 is 0. The molecule has 88 valence electrons. The van der Waals surface area contributed by atoms with Crippen LogP contribution in [-0.2, 0) is 4.79 Å². The van der Waals surface area contributed by atoms with Crippen LogP contribution in [0.5, 0.6) is 0 Å². The molecule has 0 radical (unpaired) electrons. The second-order valence-corrected chi connectivity index (χ2v) is 3.96. The van der Waals surface area contributed by atoms with Crippen LogP contribution in [0.4, 0.5) is 10.1 Å². The Morgan fingerprint density at radius 2 is 2.29 bits per heavy atom. The minimum Gasteiger partial charge on any atom is -0.323 e. The fraction of sp³-hybridized carbons (Fsp3) is 0.308. The largest absolute Gasteiger partial charge is 0.323 e. The monoisotopic (exact) mass is 232 g/mol. The molecule has 0 bridgehead atoms. The number of halogens is 1. The van der Waals surface area contributed by atoms with Crippen LogP contribution >= 0.6 is 0 Å². The van der Waals surface area contributed by atoms with E-state index in [9.17, 15) is 9.18 Å². The van der Waals surface area contributed by atoms with Crippen LogP contribution < -0.4 is 11.1 Å². The number of hydrogen-bond donors (Lipinski definition) is 2. The number of nitrogens with two attached hydrogens (primary N) is 1. The Hall–Kier alpha value is -1.86. The second-order valence-electron chi connectivity index (χ2n) is 3.96. The van der Waals surface area contributed by atoms with E-state index in [2.05, 4.69) is 17.2 Å². The van der Waals surface area contributed by atoms with Gasteiger partial charge in [-0.25, -0.2) is 4.39 Å². The number of amides is 1. The van der Waals surface area contributed by atoms with Crippen molar-refractivity contribution in [3.8, 4) is 11.8 Å². The third kappa shape index (κ3) is 3.05. The van der Waals surface area contributed by atoms with E-state index >= 15 is 0 Å². The van der Waals surface area contributed by atoms with Gasteiger partial charge in [0, 0.05) is 11.5 Å². The molecule has 4 heteroatoms. The number of carbonyl (C=O) groups excluding carboxylic acids is 1. The fourth-order valence-corrected chi connectivity index (χ4v) is 1.43. The summed E-state index contributed by atoms with van der Waals surface area (Å²) in [5.74, 6) is 4.86. The third-order valence-corrected chi connectivity index (χ3v) is 2.51. The van der Waals surface area contributed by atoms with Crippen LogP contribution in [0.15, 0.2) is 18.2 Å². The summed E-state index contributed by atoms with van der Waals surface area (Å²) in [6.07, 6.45) is 1.79. The van der Waals surface area contributed by atoms with E-state index in [1.54, 1.807) is 6.07 Å². The summed E-state index contributed by atoms with van der Waals surface area (Å²) < 4.78 is 13.6. The van der Waals surface area contributed by atoms with Crippen molar-refractivity contribution in [2.45, 2.75) is 12.8 Å². The molecule has 1 aromatic rings. The lowest BCUT2D eigenvalue weighted by atomic mass is 10.2. The third-order valence-electron chi connectivity index (χ3n) is 2.51. The Kier molecular flexibility index (Phi) is 3.40. The SMILES string of the molecule is NCC#Cc1ccc(NC(=O)C2CC2)c(F)c1. The van der Waals surface area contributed by atoms with Gasteiger partial charge in [0.25, 0.3) is 0 Å². The van der Waals surface area contributed by atoms with Gasteiger partial charge in [0.1, 0.15) is 5.82 Å². The first kappa shape index (κ1) is 11.6. The maximum Gasteiger partial charge on any atom is 0.227 e. The van der Waals surface area contributed by atoms with Gasteiger partial charge >= 0.3 is 0 Å². The van der Waals surface area contributed by atoms with Crippen LogP contribution in [0, 0.1) is 23.6 Å². The van der Waals surface area contributed by atoms with Gasteiger partial charge in [-0.3, -0.25) is 4.79 Å². The van der Waals surface area contributed by atoms with Crippen LogP contribution in [0.1, 0.15) is 18.4 Å². The summed E-state index contributed by atoms with van der Waals surface area (Å²) in [6, 6.07) is 4.48. The number of benzene rings is 1. The molecule has 3 nitrogen and oxygen atoms in total. The molecular formula is C13H13FN2O. The van der Waals surface area contributed by atoms with Gasteiger partial charge in [-0.15, -0.1) is 0 Å². The Bertz CT molecular complexity index is 498. The van der Waals surface area contributed by atoms with E-state index in [0.717, 1.165) is 12.8 Å². The molecule has 1 aromatic carbocycles. The molecule has 0 aliphatic heterocycles. The van der Waals surface area contributed by atoms with Crippen molar-refractivity contribution in [2.75, 3.05) is 11.9 Å². The van der Waals surface area contributed by atoms with Gasteiger partial charge < -0.3 is 11.1 Å². The molecule has 0 aromatic heterocycles. The van der Waals surface area contributed by atoms with Gasteiger partial charge in [0.2, 0.25) is 5.91 Å². The van der Waals surface area contributed by atoms with Crippen molar-refractivity contribution in [3.63, 3.8) is 0 Å². The van der Waals surface area contributed by atoms with Gasteiger partial charge in [0.05, 0.1) is 12.2 Å². The predicted molar refractivity (Wildman–Crippen MR) is 63.7 cm³/mol. The Balaban J connectivity index is 2.10. The summed E-state index contributed by atoms with van der Waals surface area (Å²) in [6.45, 7) is 0.238. The standard InChI is InChI=1S/C13H13FN2O/c14-11-8-9(2-1-7-15)3-6-12(11)16-13(17)10-4-5-10/h3,6,8,10H,4-5,7,15H2,(H,16,17). The first-order valence-corrected chi connectivity index (χ1v) is 5.50. The maximum absolute atomic E-state index is 13.6. The summed E-state index contributed by atoms with van der Waals surface area (Å²) in [4.78, 5) is 11.5. The zero-order valence-electron chi connectivity index (χ0n) is 9.29.